The first-order chi connectivity index (χ1) is 7.77. The number of carbonyl (C=O) groups excluding carboxylic acids is 1. The van der Waals surface area contributed by atoms with Crippen LogP contribution in [-0.2, 0) is 0 Å². The molecule has 0 bridgehead atoms. The van der Waals surface area contributed by atoms with Crippen LogP contribution in [0.3, 0.4) is 0 Å². The van der Waals surface area contributed by atoms with Crippen molar-refractivity contribution >= 4 is 11.8 Å². The van der Waals surface area contributed by atoms with Crippen LogP contribution in [0.25, 0.3) is 0 Å². The van der Waals surface area contributed by atoms with Gasteiger partial charge in [0.1, 0.15) is 5.56 Å². The monoisotopic (exact) mass is 240 g/mol. The van der Waals surface area contributed by atoms with E-state index in [-0.39, 0.29) is 5.56 Å². The number of phenolic OH excluding ortho intramolecular Hbond substituents is 2. The normalized spacial score (nSPS) is 10.5. The van der Waals surface area contributed by atoms with Crippen LogP contribution in [0.1, 0.15) is 34.6 Å². The van der Waals surface area contributed by atoms with E-state index in [1.54, 1.807) is 13.8 Å². The lowest BCUT2D eigenvalue weighted by Gasteiger charge is -2.11. The molecule has 0 radical (unpaired) electrons. The van der Waals surface area contributed by atoms with Crippen molar-refractivity contribution in [1.82, 2.24) is 0 Å². The molecular weight excluding hydrogens is 228 g/mol. The fourth-order valence-corrected chi connectivity index (χ4v) is 1.31. The van der Waals surface area contributed by atoms with Crippen LogP contribution in [0.15, 0.2) is 6.07 Å². The number of carboxylic acid groups (broad SMARTS) is 1. The smallest absolute Gasteiger partial charge is 0.339 e. The van der Waals surface area contributed by atoms with Crippen molar-refractivity contribution in [2.75, 3.05) is 0 Å². The number of carboxylic acids is 1. The van der Waals surface area contributed by atoms with E-state index in [1.165, 1.54) is 0 Å². The summed E-state index contributed by atoms with van der Waals surface area (Å²) in [5, 5.41) is 36.9. The summed E-state index contributed by atoms with van der Waals surface area (Å²) in [7, 11) is 0. The predicted octanol–water partition coefficient (Wildman–Crippen LogP) is 1.34. The molecule has 0 atom stereocenters. The Balaban J connectivity index is 3.53. The third-order valence-electron chi connectivity index (χ3n) is 2.27. The lowest BCUT2D eigenvalue weighted by atomic mass is 9.97. The third kappa shape index (κ3) is 2.15. The van der Waals surface area contributed by atoms with Crippen molar-refractivity contribution in [3.05, 3.63) is 17.2 Å². The molecule has 0 fully saturated rings. The van der Waals surface area contributed by atoms with E-state index in [0.717, 1.165) is 6.07 Å². The number of Topliss-reactive ketones (excluding diaryl/α,β-unsaturated/α-hetero) is 1. The molecule has 17 heavy (non-hydrogen) atoms. The number of hydrogen-bond donors (Lipinski definition) is 4. The number of benzene rings is 1. The van der Waals surface area contributed by atoms with Gasteiger partial charge in [-0.05, 0) is 6.07 Å². The largest absolute Gasteiger partial charge is 0.504 e. The number of hydrogen-bond acceptors (Lipinski definition) is 5. The first-order valence-electron chi connectivity index (χ1n) is 4.82. The summed E-state index contributed by atoms with van der Waals surface area (Å²) in [5.74, 6) is -5.29. The summed E-state index contributed by atoms with van der Waals surface area (Å²) >= 11 is 0. The van der Waals surface area contributed by atoms with Gasteiger partial charge in [0, 0.05) is 5.92 Å². The first-order valence-corrected chi connectivity index (χ1v) is 4.82. The van der Waals surface area contributed by atoms with Crippen LogP contribution in [-0.4, -0.2) is 32.2 Å². The lowest BCUT2D eigenvalue weighted by molar-refractivity contribution is 0.0693. The Kier molecular flexibility index (Phi) is 3.26. The van der Waals surface area contributed by atoms with Crippen LogP contribution >= 0.6 is 0 Å². The molecule has 6 heteroatoms. The highest BCUT2D eigenvalue weighted by molar-refractivity contribution is 6.04. The zero-order valence-electron chi connectivity index (χ0n) is 9.26. The van der Waals surface area contributed by atoms with E-state index in [1.807, 2.05) is 0 Å². The second-order valence-electron chi connectivity index (χ2n) is 3.84. The molecule has 0 aliphatic heterocycles. The summed E-state index contributed by atoms with van der Waals surface area (Å²) < 4.78 is 0. The minimum absolute atomic E-state index is 0.326. The summed E-state index contributed by atoms with van der Waals surface area (Å²) in [5.41, 5.74) is -0.961. The number of aromatic hydroxyl groups is 3. The van der Waals surface area contributed by atoms with E-state index < -0.39 is 40.5 Å². The highest BCUT2D eigenvalue weighted by atomic mass is 16.4. The molecule has 0 unspecified atom stereocenters. The summed E-state index contributed by atoms with van der Waals surface area (Å²) in [6, 6.07) is 0.842. The van der Waals surface area contributed by atoms with Crippen LogP contribution in [0, 0.1) is 5.92 Å². The van der Waals surface area contributed by atoms with Crippen LogP contribution < -0.4 is 0 Å². The van der Waals surface area contributed by atoms with Gasteiger partial charge in [0.05, 0.1) is 5.56 Å². The Morgan fingerprint density at radius 1 is 1.00 bits per heavy atom. The zero-order chi connectivity index (χ0) is 13.3. The second kappa shape index (κ2) is 4.32. The van der Waals surface area contributed by atoms with E-state index in [0.29, 0.717) is 0 Å². The highest BCUT2D eigenvalue weighted by Gasteiger charge is 2.25. The minimum atomic E-state index is -1.50. The van der Waals surface area contributed by atoms with E-state index >= 15 is 0 Å². The third-order valence-corrected chi connectivity index (χ3v) is 2.27. The standard InChI is InChI=1S/C11H12O6/c1-4(2)7(12)5-3-6(11(16)17)9(14)10(15)8(5)13/h3-4,13-15H,1-2H3,(H,16,17). The Labute approximate surface area is 96.8 Å². The van der Waals surface area contributed by atoms with Gasteiger partial charge >= 0.3 is 5.97 Å². The lowest BCUT2D eigenvalue weighted by Crippen LogP contribution is -2.09. The molecular formula is C11H12O6. The van der Waals surface area contributed by atoms with Crippen molar-refractivity contribution < 1.29 is 30.0 Å². The van der Waals surface area contributed by atoms with E-state index in [2.05, 4.69) is 0 Å². The molecule has 92 valence electrons. The Morgan fingerprint density at radius 3 is 1.88 bits per heavy atom. The van der Waals surface area contributed by atoms with Gasteiger partial charge in [0.2, 0.25) is 5.75 Å². The molecule has 1 aromatic carbocycles. The fraction of sp³-hybridized carbons (Fsp3) is 0.273. The molecule has 0 amide bonds. The van der Waals surface area contributed by atoms with Crippen molar-refractivity contribution in [1.29, 1.82) is 0 Å². The predicted molar refractivity (Wildman–Crippen MR) is 57.6 cm³/mol. The first kappa shape index (κ1) is 12.8. The number of ketones is 1. The van der Waals surface area contributed by atoms with Gasteiger partial charge in [-0.25, -0.2) is 4.79 Å². The van der Waals surface area contributed by atoms with Gasteiger partial charge in [-0.3, -0.25) is 4.79 Å². The molecule has 0 aliphatic rings. The second-order valence-corrected chi connectivity index (χ2v) is 3.84. The molecule has 0 heterocycles. The number of rotatable bonds is 3. The molecule has 0 aliphatic carbocycles. The van der Waals surface area contributed by atoms with E-state index in [9.17, 15) is 24.9 Å². The summed E-state index contributed by atoms with van der Waals surface area (Å²) in [6.07, 6.45) is 0. The quantitative estimate of drug-likeness (QED) is 0.468. The van der Waals surface area contributed by atoms with Crippen molar-refractivity contribution in [2.24, 2.45) is 5.92 Å². The molecule has 0 spiro atoms. The van der Waals surface area contributed by atoms with Gasteiger partial charge < -0.3 is 20.4 Å². The van der Waals surface area contributed by atoms with E-state index in [4.69, 9.17) is 5.11 Å². The molecule has 1 rings (SSSR count). The Bertz CT molecular complexity index is 489. The number of carbonyl (C=O) groups is 2. The minimum Gasteiger partial charge on any atom is -0.504 e. The van der Waals surface area contributed by atoms with Crippen LogP contribution in [0.2, 0.25) is 0 Å². The SMILES string of the molecule is CC(C)C(=O)c1cc(C(=O)O)c(O)c(O)c1O. The van der Waals surface area contributed by atoms with Crippen LogP contribution in [0.5, 0.6) is 17.2 Å². The molecule has 0 saturated heterocycles. The van der Waals surface area contributed by atoms with Crippen molar-refractivity contribution in [3.63, 3.8) is 0 Å². The zero-order valence-corrected chi connectivity index (χ0v) is 9.26. The Hall–Kier alpha value is -2.24. The summed E-state index contributed by atoms with van der Waals surface area (Å²) in [6.45, 7) is 3.12. The number of aromatic carboxylic acids is 1. The summed E-state index contributed by atoms with van der Waals surface area (Å²) in [4.78, 5) is 22.4. The van der Waals surface area contributed by atoms with Crippen LogP contribution in [0.4, 0.5) is 0 Å². The van der Waals surface area contributed by atoms with Gasteiger partial charge in [-0.15, -0.1) is 0 Å². The topological polar surface area (TPSA) is 115 Å². The molecule has 1 aromatic rings. The average molecular weight is 240 g/mol. The van der Waals surface area contributed by atoms with Gasteiger partial charge in [0.25, 0.3) is 0 Å². The van der Waals surface area contributed by atoms with Gasteiger partial charge in [-0.1, -0.05) is 13.8 Å². The van der Waals surface area contributed by atoms with Gasteiger partial charge in [-0.2, -0.15) is 0 Å². The molecule has 0 saturated carbocycles. The molecule has 4 N–H and O–H groups in total. The number of phenols is 3. The maximum Gasteiger partial charge on any atom is 0.339 e. The maximum absolute atomic E-state index is 11.7. The van der Waals surface area contributed by atoms with Crippen molar-refractivity contribution in [3.8, 4) is 17.2 Å². The Morgan fingerprint density at radius 2 is 1.47 bits per heavy atom. The highest BCUT2D eigenvalue weighted by Crippen LogP contribution is 2.41. The molecule has 0 aromatic heterocycles. The maximum atomic E-state index is 11.7. The fourth-order valence-electron chi connectivity index (χ4n) is 1.31. The van der Waals surface area contributed by atoms with Crippen molar-refractivity contribution in [2.45, 2.75) is 13.8 Å². The average Bonchev–Trinajstić information content (AvgIpc) is 2.24. The van der Waals surface area contributed by atoms with Gasteiger partial charge in [0.15, 0.2) is 17.3 Å². The molecule has 6 nitrogen and oxygen atoms in total.